The highest BCUT2D eigenvalue weighted by Gasteiger charge is 2.19. The molecule has 1 aromatic rings. The Hall–Kier alpha value is -1.40. The number of methoxy groups -OCH3 is 1. The minimum Gasteiger partial charge on any atom is -0.467 e. The molecule has 1 rings (SSSR count). The summed E-state index contributed by atoms with van der Waals surface area (Å²) in [5.41, 5.74) is 0. The highest BCUT2D eigenvalue weighted by Crippen LogP contribution is 2.10. The van der Waals surface area contributed by atoms with Crippen LogP contribution >= 0.6 is 11.3 Å². The minimum absolute atomic E-state index is 0.275. The van der Waals surface area contributed by atoms with Crippen molar-refractivity contribution in [3.05, 3.63) is 22.4 Å². The van der Waals surface area contributed by atoms with Crippen LogP contribution in [0.15, 0.2) is 17.5 Å². The molecule has 0 saturated carbocycles. The number of rotatable bonds is 6. The Balaban J connectivity index is 2.35. The van der Waals surface area contributed by atoms with Gasteiger partial charge in [0.2, 0.25) is 5.91 Å². The Morgan fingerprint density at radius 2 is 2.35 bits per heavy atom. The molecule has 0 bridgehead atoms. The molecule has 1 aromatic heterocycles. The van der Waals surface area contributed by atoms with Crippen LogP contribution in [0.5, 0.6) is 0 Å². The number of carbonyl (C=O) groups excluding carboxylic acids is 2. The second kappa shape index (κ2) is 7.03. The number of nitrogens with one attached hydrogen (secondary N) is 1. The topological polar surface area (TPSA) is 75.6 Å². The zero-order chi connectivity index (χ0) is 12.7. The Kier molecular flexibility index (Phi) is 5.65. The van der Waals surface area contributed by atoms with E-state index in [4.69, 9.17) is 5.11 Å². The van der Waals surface area contributed by atoms with E-state index >= 15 is 0 Å². The van der Waals surface area contributed by atoms with Crippen LogP contribution in [0.4, 0.5) is 0 Å². The zero-order valence-corrected chi connectivity index (χ0v) is 10.3. The lowest BCUT2D eigenvalue weighted by molar-refractivity contribution is -0.146. The number of hydrogen-bond donors (Lipinski definition) is 2. The van der Waals surface area contributed by atoms with Crippen molar-refractivity contribution in [3.8, 4) is 0 Å². The van der Waals surface area contributed by atoms with Crippen molar-refractivity contribution in [2.45, 2.75) is 18.9 Å². The summed E-state index contributed by atoms with van der Waals surface area (Å²) < 4.78 is 4.44. The van der Waals surface area contributed by atoms with Crippen molar-refractivity contribution in [1.82, 2.24) is 5.32 Å². The van der Waals surface area contributed by atoms with Crippen LogP contribution in [0.1, 0.15) is 11.3 Å². The maximum Gasteiger partial charge on any atom is 0.330 e. The molecule has 0 aromatic carbocycles. The van der Waals surface area contributed by atoms with E-state index in [1.165, 1.54) is 7.11 Å². The van der Waals surface area contributed by atoms with E-state index in [1.54, 1.807) is 11.3 Å². The van der Waals surface area contributed by atoms with Gasteiger partial charge in [0.1, 0.15) is 0 Å². The van der Waals surface area contributed by atoms with Crippen molar-refractivity contribution in [2.24, 2.45) is 0 Å². The molecule has 1 heterocycles. The molecule has 6 heteroatoms. The summed E-state index contributed by atoms with van der Waals surface area (Å²) in [5.74, 6) is -0.917. The van der Waals surface area contributed by atoms with Crippen LogP contribution in [-0.4, -0.2) is 36.7 Å². The van der Waals surface area contributed by atoms with Gasteiger partial charge in [-0.25, -0.2) is 4.79 Å². The van der Waals surface area contributed by atoms with Gasteiger partial charge < -0.3 is 15.2 Å². The Morgan fingerprint density at radius 3 is 2.88 bits per heavy atom. The van der Waals surface area contributed by atoms with Gasteiger partial charge in [-0.05, 0) is 17.9 Å². The Labute approximate surface area is 103 Å². The third-order valence-electron chi connectivity index (χ3n) is 2.18. The van der Waals surface area contributed by atoms with E-state index in [0.717, 1.165) is 4.88 Å². The first-order chi connectivity index (χ1) is 8.17. The van der Waals surface area contributed by atoms with Gasteiger partial charge in [0.05, 0.1) is 13.7 Å². The first-order valence-corrected chi connectivity index (χ1v) is 6.05. The number of carbonyl (C=O) groups is 2. The van der Waals surface area contributed by atoms with Crippen molar-refractivity contribution < 1.29 is 19.4 Å². The van der Waals surface area contributed by atoms with E-state index < -0.39 is 18.6 Å². The number of aryl methyl sites for hydroxylation is 1. The smallest absolute Gasteiger partial charge is 0.330 e. The van der Waals surface area contributed by atoms with Gasteiger partial charge in [0.25, 0.3) is 0 Å². The van der Waals surface area contributed by atoms with E-state index in [-0.39, 0.29) is 12.3 Å². The molecule has 1 atom stereocenters. The molecule has 1 amide bonds. The van der Waals surface area contributed by atoms with Crippen LogP contribution in [0.25, 0.3) is 0 Å². The fourth-order valence-corrected chi connectivity index (χ4v) is 1.99. The number of amides is 1. The summed E-state index contributed by atoms with van der Waals surface area (Å²) in [7, 11) is 1.21. The molecule has 94 valence electrons. The standard InChI is InChI=1S/C11H15NO4S/c1-16-11(15)9(7-13)12-10(14)5-4-8-3-2-6-17-8/h2-3,6,9,13H,4-5,7H2,1H3,(H,12,14). The van der Waals surface area contributed by atoms with Crippen LogP contribution in [-0.2, 0) is 20.7 Å². The summed E-state index contributed by atoms with van der Waals surface area (Å²) in [6, 6.07) is 2.89. The first-order valence-electron chi connectivity index (χ1n) is 5.17. The lowest BCUT2D eigenvalue weighted by atomic mass is 10.2. The fraction of sp³-hybridized carbons (Fsp3) is 0.455. The second-order valence-electron chi connectivity index (χ2n) is 3.41. The SMILES string of the molecule is COC(=O)C(CO)NC(=O)CCc1cccs1. The van der Waals surface area contributed by atoms with Gasteiger partial charge in [-0.3, -0.25) is 4.79 Å². The fourth-order valence-electron chi connectivity index (χ4n) is 1.28. The van der Waals surface area contributed by atoms with Gasteiger partial charge in [-0.15, -0.1) is 11.3 Å². The summed E-state index contributed by atoms with van der Waals surface area (Å²) in [5, 5.41) is 13.3. The van der Waals surface area contributed by atoms with Crippen molar-refractivity contribution in [2.75, 3.05) is 13.7 Å². The lowest BCUT2D eigenvalue weighted by Gasteiger charge is -2.13. The number of hydrogen-bond acceptors (Lipinski definition) is 5. The highest BCUT2D eigenvalue weighted by atomic mass is 32.1. The molecule has 2 N–H and O–H groups in total. The number of ether oxygens (including phenoxy) is 1. The van der Waals surface area contributed by atoms with Gasteiger partial charge in [-0.2, -0.15) is 0 Å². The van der Waals surface area contributed by atoms with Crippen LogP contribution in [0, 0.1) is 0 Å². The van der Waals surface area contributed by atoms with Crippen molar-refractivity contribution >= 4 is 23.2 Å². The van der Waals surface area contributed by atoms with Gasteiger partial charge in [0, 0.05) is 11.3 Å². The summed E-state index contributed by atoms with van der Waals surface area (Å²) in [6.45, 7) is -0.461. The molecule has 0 spiro atoms. The monoisotopic (exact) mass is 257 g/mol. The molecule has 0 aliphatic rings. The normalized spacial score (nSPS) is 11.9. The lowest BCUT2D eigenvalue weighted by Crippen LogP contribution is -2.44. The number of aliphatic hydroxyl groups excluding tert-OH is 1. The van der Waals surface area contributed by atoms with E-state index in [9.17, 15) is 9.59 Å². The molecule has 0 saturated heterocycles. The average Bonchev–Trinajstić information content (AvgIpc) is 2.85. The number of aliphatic hydroxyl groups is 1. The third-order valence-corrected chi connectivity index (χ3v) is 3.12. The number of thiophene rings is 1. The zero-order valence-electron chi connectivity index (χ0n) is 9.51. The quantitative estimate of drug-likeness (QED) is 0.720. The van der Waals surface area contributed by atoms with E-state index in [1.807, 2.05) is 17.5 Å². The van der Waals surface area contributed by atoms with E-state index in [0.29, 0.717) is 6.42 Å². The molecule has 0 aliphatic carbocycles. The molecular formula is C11H15NO4S. The number of esters is 1. The molecular weight excluding hydrogens is 242 g/mol. The van der Waals surface area contributed by atoms with Crippen molar-refractivity contribution in [1.29, 1.82) is 0 Å². The third kappa shape index (κ3) is 4.54. The van der Waals surface area contributed by atoms with Crippen LogP contribution in [0.2, 0.25) is 0 Å². The van der Waals surface area contributed by atoms with Crippen molar-refractivity contribution in [3.63, 3.8) is 0 Å². The molecule has 5 nitrogen and oxygen atoms in total. The summed E-state index contributed by atoms with van der Waals surface area (Å²) >= 11 is 1.58. The van der Waals surface area contributed by atoms with Gasteiger partial charge in [0.15, 0.2) is 6.04 Å². The van der Waals surface area contributed by atoms with E-state index in [2.05, 4.69) is 10.1 Å². The largest absolute Gasteiger partial charge is 0.467 e. The van der Waals surface area contributed by atoms with Crippen LogP contribution < -0.4 is 5.32 Å². The predicted octanol–water partition coefficient (Wildman–Crippen LogP) is 0.331. The van der Waals surface area contributed by atoms with Crippen LogP contribution in [0.3, 0.4) is 0 Å². The Morgan fingerprint density at radius 1 is 1.59 bits per heavy atom. The van der Waals surface area contributed by atoms with Gasteiger partial charge >= 0.3 is 5.97 Å². The second-order valence-corrected chi connectivity index (χ2v) is 4.44. The van der Waals surface area contributed by atoms with Gasteiger partial charge in [-0.1, -0.05) is 6.07 Å². The molecule has 0 aliphatic heterocycles. The minimum atomic E-state index is -0.976. The summed E-state index contributed by atoms with van der Waals surface area (Å²) in [6.07, 6.45) is 0.914. The molecule has 1 unspecified atom stereocenters. The molecule has 0 radical (unpaired) electrons. The average molecular weight is 257 g/mol. The molecule has 17 heavy (non-hydrogen) atoms. The highest BCUT2D eigenvalue weighted by molar-refractivity contribution is 7.09. The molecule has 0 fully saturated rings. The summed E-state index contributed by atoms with van der Waals surface area (Å²) in [4.78, 5) is 23.7. The first kappa shape index (κ1) is 13.7. The maximum absolute atomic E-state index is 11.5. The maximum atomic E-state index is 11.5. The Bertz CT molecular complexity index is 364. The predicted molar refractivity (Wildman–Crippen MR) is 63.7 cm³/mol.